The molecule has 1 nitrogen and oxygen atoms in total. The van der Waals surface area contributed by atoms with Crippen LogP contribution in [0.1, 0.15) is 27.8 Å². The van der Waals surface area contributed by atoms with Crippen LogP contribution in [0, 0.1) is 11.8 Å². The molecule has 0 fully saturated rings. The minimum Gasteiger partial charge on any atom is -0.279 e. The lowest BCUT2D eigenvalue weighted by Gasteiger charge is -2.09. The van der Waals surface area contributed by atoms with E-state index in [9.17, 15) is 31.1 Å². The van der Waals surface area contributed by atoms with E-state index in [1.807, 2.05) is 0 Å². The highest BCUT2D eigenvalue weighted by Crippen LogP contribution is 2.32. The molecule has 0 saturated carbocycles. The highest BCUT2D eigenvalue weighted by Gasteiger charge is 2.31. The minimum atomic E-state index is -4.55. The van der Waals surface area contributed by atoms with Crippen molar-refractivity contribution in [2.24, 2.45) is 0 Å². The molecule has 0 radical (unpaired) electrons. The third-order valence-electron chi connectivity index (χ3n) is 4.41. The summed E-state index contributed by atoms with van der Waals surface area (Å²) >= 11 is 0. The Labute approximate surface area is 180 Å². The van der Waals surface area contributed by atoms with Crippen molar-refractivity contribution in [3.8, 4) is 11.8 Å². The van der Waals surface area contributed by atoms with Gasteiger partial charge in [0, 0.05) is 11.1 Å². The molecule has 3 rings (SSSR count). The van der Waals surface area contributed by atoms with E-state index in [-0.39, 0.29) is 16.7 Å². The molecule has 3 aromatic carbocycles. The summed E-state index contributed by atoms with van der Waals surface area (Å²) in [5, 5.41) is 0. The van der Waals surface area contributed by atoms with Crippen LogP contribution in [-0.2, 0) is 17.1 Å². The second-order valence-corrected chi connectivity index (χ2v) is 6.70. The van der Waals surface area contributed by atoms with Crippen molar-refractivity contribution < 1.29 is 31.1 Å². The Balaban J connectivity index is 2.02. The van der Waals surface area contributed by atoms with E-state index >= 15 is 0 Å². The molecule has 0 aliphatic rings. The van der Waals surface area contributed by atoms with E-state index in [0.717, 1.165) is 36.4 Å². The zero-order valence-corrected chi connectivity index (χ0v) is 16.3. The van der Waals surface area contributed by atoms with Crippen LogP contribution in [0.15, 0.2) is 78.9 Å². The summed E-state index contributed by atoms with van der Waals surface area (Å²) in [4.78, 5) is 12.8. The first-order valence-corrected chi connectivity index (χ1v) is 9.22. The maximum absolute atomic E-state index is 12.9. The van der Waals surface area contributed by atoms with Gasteiger partial charge in [0.25, 0.3) is 0 Å². The summed E-state index contributed by atoms with van der Waals surface area (Å²) in [6.45, 7) is 0. The fourth-order valence-corrected chi connectivity index (χ4v) is 2.77. The van der Waals surface area contributed by atoms with Gasteiger partial charge >= 0.3 is 12.4 Å². The molecule has 0 aliphatic heterocycles. The average molecular weight is 444 g/mol. The first-order chi connectivity index (χ1) is 15.0. The smallest absolute Gasteiger partial charge is 0.279 e. The van der Waals surface area contributed by atoms with Crippen LogP contribution in [0.5, 0.6) is 0 Å². The Hall–Kier alpha value is -3.79. The number of Topliss-reactive ketones (excluding diaryl/α,β-unsaturated/α-hetero) is 1. The van der Waals surface area contributed by atoms with E-state index < -0.39 is 29.3 Å². The summed E-state index contributed by atoms with van der Waals surface area (Å²) in [6, 6.07) is 16.5. The van der Waals surface area contributed by atoms with Crippen LogP contribution < -0.4 is 0 Å². The van der Waals surface area contributed by atoms with Crippen LogP contribution >= 0.6 is 0 Å². The lowest BCUT2D eigenvalue weighted by Crippen LogP contribution is -2.06. The Morgan fingerprint density at radius 2 is 1.19 bits per heavy atom. The molecule has 7 heteroatoms. The van der Waals surface area contributed by atoms with Crippen molar-refractivity contribution in [3.05, 3.63) is 107 Å². The highest BCUT2D eigenvalue weighted by molar-refractivity contribution is 6.32. The quantitative estimate of drug-likeness (QED) is 0.186. The van der Waals surface area contributed by atoms with Crippen LogP contribution in [-0.4, -0.2) is 5.78 Å². The Morgan fingerprint density at radius 1 is 0.688 bits per heavy atom. The van der Waals surface area contributed by atoms with Gasteiger partial charge in [-0.3, -0.25) is 4.79 Å². The summed E-state index contributed by atoms with van der Waals surface area (Å²) in [6.07, 6.45) is -7.77. The van der Waals surface area contributed by atoms with Gasteiger partial charge in [-0.15, -0.1) is 0 Å². The van der Waals surface area contributed by atoms with Gasteiger partial charge in [0.2, 0.25) is 5.78 Å². The summed E-state index contributed by atoms with van der Waals surface area (Å²) in [5.41, 5.74) is -0.809. The number of allylic oxidation sites excluding steroid dienone is 1. The number of rotatable bonds is 3. The van der Waals surface area contributed by atoms with Crippen LogP contribution in [0.2, 0.25) is 0 Å². The van der Waals surface area contributed by atoms with Crippen molar-refractivity contribution in [1.29, 1.82) is 0 Å². The number of hydrogen-bond acceptors (Lipinski definition) is 1. The fourth-order valence-electron chi connectivity index (χ4n) is 2.77. The van der Waals surface area contributed by atoms with Gasteiger partial charge in [-0.1, -0.05) is 48.4 Å². The zero-order chi connectivity index (χ0) is 23.4. The Bertz CT molecular complexity index is 1170. The molecule has 3 aromatic rings. The molecule has 32 heavy (non-hydrogen) atoms. The molecule has 0 aliphatic carbocycles. The van der Waals surface area contributed by atoms with Gasteiger partial charge in [-0.2, -0.15) is 26.3 Å². The molecular formula is C25H14F6O. The van der Waals surface area contributed by atoms with Gasteiger partial charge in [0.15, 0.2) is 0 Å². The summed E-state index contributed by atoms with van der Waals surface area (Å²) in [5.74, 6) is 4.43. The third-order valence-corrected chi connectivity index (χ3v) is 4.41. The topological polar surface area (TPSA) is 17.1 Å². The number of carbonyl (C=O) groups excluding carboxylic acids is 1. The van der Waals surface area contributed by atoms with Crippen molar-refractivity contribution in [1.82, 2.24) is 0 Å². The second-order valence-electron chi connectivity index (χ2n) is 6.70. The number of benzene rings is 3. The average Bonchev–Trinajstić information content (AvgIpc) is 2.76. The first kappa shape index (κ1) is 22.9. The number of alkyl halides is 6. The Morgan fingerprint density at radius 3 is 1.69 bits per heavy atom. The van der Waals surface area contributed by atoms with Gasteiger partial charge in [0.1, 0.15) is 0 Å². The van der Waals surface area contributed by atoms with E-state index in [1.54, 1.807) is 30.3 Å². The number of carbonyl (C=O) groups is 1. The maximum Gasteiger partial charge on any atom is 0.416 e. The molecule has 0 amide bonds. The van der Waals surface area contributed by atoms with Crippen LogP contribution in [0.3, 0.4) is 0 Å². The van der Waals surface area contributed by atoms with Crippen LogP contribution in [0.25, 0.3) is 11.6 Å². The lowest BCUT2D eigenvalue weighted by atomic mass is 9.97. The molecule has 0 bridgehead atoms. The molecule has 162 valence electrons. The van der Waals surface area contributed by atoms with Gasteiger partial charge < -0.3 is 0 Å². The standard InChI is InChI=1S/C25H14F6O/c26-24(27,28)20-11-6-18(7-12-20)16-22(19-9-13-21(14-10-19)25(29,30)31)23(32)15-8-17-4-2-1-3-5-17/h1-7,9-14,16H/b22-16+. The van der Waals surface area contributed by atoms with Crippen molar-refractivity contribution in [2.75, 3.05) is 0 Å². The highest BCUT2D eigenvalue weighted by atomic mass is 19.4. The lowest BCUT2D eigenvalue weighted by molar-refractivity contribution is -0.138. The first-order valence-electron chi connectivity index (χ1n) is 9.22. The molecule has 0 spiro atoms. The molecule has 0 aromatic heterocycles. The van der Waals surface area contributed by atoms with E-state index in [0.29, 0.717) is 5.56 Å². The largest absolute Gasteiger partial charge is 0.416 e. The predicted molar refractivity (Wildman–Crippen MR) is 109 cm³/mol. The van der Waals surface area contributed by atoms with E-state index in [2.05, 4.69) is 11.8 Å². The van der Waals surface area contributed by atoms with Crippen molar-refractivity contribution >= 4 is 17.4 Å². The SMILES string of the molecule is O=C(C#Cc1ccccc1)/C(=C/c1ccc(C(F)(F)F)cc1)c1ccc(C(F)(F)F)cc1. The second kappa shape index (κ2) is 9.15. The van der Waals surface area contributed by atoms with E-state index in [1.165, 1.54) is 18.2 Å². The monoisotopic (exact) mass is 444 g/mol. The van der Waals surface area contributed by atoms with Crippen molar-refractivity contribution in [3.63, 3.8) is 0 Å². The van der Waals surface area contributed by atoms with Gasteiger partial charge in [0.05, 0.1) is 11.1 Å². The van der Waals surface area contributed by atoms with Crippen molar-refractivity contribution in [2.45, 2.75) is 12.4 Å². The number of hydrogen-bond donors (Lipinski definition) is 0. The molecule has 0 unspecified atom stereocenters. The molecule has 0 saturated heterocycles. The van der Waals surface area contributed by atoms with E-state index in [4.69, 9.17) is 0 Å². The maximum atomic E-state index is 12.9. The van der Waals surface area contributed by atoms with Gasteiger partial charge in [-0.25, -0.2) is 0 Å². The molecular weight excluding hydrogens is 430 g/mol. The number of ketones is 1. The molecule has 0 N–H and O–H groups in total. The molecule has 0 atom stereocenters. The summed E-state index contributed by atoms with van der Waals surface area (Å²) < 4.78 is 77.0. The molecule has 0 heterocycles. The zero-order valence-electron chi connectivity index (χ0n) is 16.3. The fraction of sp³-hybridized carbons (Fsp3) is 0.0800. The summed E-state index contributed by atoms with van der Waals surface area (Å²) in [7, 11) is 0. The minimum absolute atomic E-state index is 0.0399. The normalized spacial score (nSPS) is 12.1. The Kier molecular flexibility index (Phi) is 6.54. The number of halogens is 6. The predicted octanol–water partition coefficient (Wildman–Crippen LogP) is 6.89. The van der Waals surface area contributed by atoms with Crippen LogP contribution in [0.4, 0.5) is 26.3 Å². The third kappa shape index (κ3) is 5.88. The van der Waals surface area contributed by atoms with Gasteiger partial charge in [-0.05, 0) is 59.5 Å².